The predicted molar refractivity (Wildman–Crippen MR) is 88.9 cm³/mol. The van der Waals surface area contributed by atoms with Gasteiger partial charge in [0.2, 0.25) is 0 Å². The standard InChI is InChI=1S/C15H18N2O3S2/c1-5-10(18)7-21-13-11-8(3)12(15(19)20-6-2)22-14(11)17-9(4)16-13/h5-7H2,1-4H3. The fourth-order valence-corrected chi connectivity index (χ4v) is 4.23. The summed E-state index contributed by atoms with van der Waals surface area (Å²) in [7, 11) is 0. The van der Waals surface area contributed by atoms with Crippen LogP contribution in [0.5, 0.6) is 0 Å². The van der Waals surface area contributed by atoms with Crippen molar-refractivity contribution >= 4 is 45.1 Å². The number of ether oxygens (including phenoxy) is 1. The van der Waals surface area contributed by atoms with Gasteiger partial charge in [0, 0.05) is 11.8 Å². The molecule has 0 aliphatic heterocycles. The number of ketones is 1. The van der Waals surface area contributed by atoms with Gasteiger partial charge in [0.15, 0.2) is 0 Å². The quantitative estimate of drug-likeness (QED) is 0.456. The van der Waals surface area contributed by atoms with Gasteiger partial charge in [-0.3, -0.25) is 4.79 Å². The van der Waals surface area contributed by atoms with Gasteiger partial charge in [-0.1, -0.05) is 18.7 Å². The molecule has 0 N–H and O–H groups in total. The van der Waals surface area contributed by atoms with Crippen LogP contribution in [0.4, 0.5) is 0 Å². The minimum Gasteiger partial charge on any atom is -0.462 e. The average molecular weight is 338 g/mol. The molecule has 2 heterocycles. The van der Waals surface area contributed by atoms with Crippen LogP contribution in [0.1, 0.15) is 41.3 Å². The van der Waals surface area contributed by atoms with Gasteiger partial charge in [0.1, 0.15) is 26.3 Å². The summed E-state index contributed by atoms with van der Waals surface area (Å²) in [4.78, 5) is 33.7. The molecule has 2 aromatic heterocycles. The highest BCUT2D eigenvalue weighted by molar-refractivity contribution is 8.00. The molecule has 0 aliphatic carbocycles. The van der Waals surface area contributed by atoms with Gasteiger partial charge in [-0.2, -0.15) is 0 Å². The Morgan fingerprint density at radius 3 is 2.59 bits per heavy atom. The van der Waals surface area contributed by atoms with Gasteiger partial charge < -0.3 is 4.74 Å². The highest BCUT2D eigenvalue weighted by atomic mass is 32.2. The van der Waals surface area contributed by atoms with Crippen molar-refractivity contribution in [2.75, 3.05) is 12.4 Å². The fourth-order valence-electron chi connectivity index (χ4n) is 1.95. The van der Waals surface area contributed by atoms with Gasteiger partial charge >= 0.3 is 5.97 Å². The first-order valence-corrected chi connectivity index (χ1v) is 8.87. The van der Waals surface area contributed by atoms with Crippen molar-refractivity contribution in [3.05, 3.63) is 16.3 Å². The van der Waals surface area contributed by atoms with Crippen LogP contribution in [0, 0.1) is 13.8 Å². The molecule has 0 radical (unpaired) electrons. The Kier molecular flexibility index (Phi) is 5.52. The predicted octanol–water partition coefficient (Wildman–Crippen LogP) is 3.56. The van der Waals surface area contributed by atoms with Crippen molar-refractivity contribution in [3.8, 4) is 0 Å². The maximum atomic E-state index is 12.0. The maximum Gasteiger partial charge on any atom is 0.348 e. The third-order valence-electron chi connectivity index (χ3n) is 3.09. The zero-order chi connectivity index (χ0) is 16.3. The van der Waals surface area contributed by atoms with Crippen molar-refractivity contribution in [1.29, 1.82) is 0 Å². The zero-order valence-electron chi connectivity index (χ0n) is 13.1. The molecule has 0 aliphatic rings. The van der Waals surface area contributed by atoms with Crippen LogP contribution in [-0.2, 0) is 9.53 Å². The van der Waals surface area contributed by atoms with Crippen LogP contribution < -0.4 is 0 Å². The number of thiophene rings is 1. The lowest BCUT2D eigenvalue weighted by atomic mass is 10.2. The van der Waals surface area contributed by atoms with Crippen LogP contribution in [0.15, 0.2) is 5.03 Å². The highest BCUT2D eigenvalue weighted by Crippen LogP contribution is 2.36. The number of Topliss-reactive ketones (excluding diaryl/α,β-unsaturated/α-hetero) is 1. The van der Waals surface area contributed by atoms with E-state index in [0.717, 1.165) is 20.8 Å². The number of hydrogen-bond donors (Lipinski definition) is 0. The van der Waals surface area contributed by atoms with Gasteiger partial charge in [-0.05, 0) is 26.3 Å². The summed E-state index contributed by atoms with van der Waals surface area (Å²) in [5.74, 6) is 0.858. The number of nitrogens with zero attached hydrogens (tertiary/aromatic N) is 2. The Morgan fingerprint density at radius 1 is 1.23 bits per heavy atom. The van der Waals surface area contributed by atoms with E-state index < -0.39 is 0 Å². The molecule has 5 nitrogen and oxygen atoms in total. The van der Waals surface area contributed by atoms with E-state index in [9.17, 15) is 9.59 Å². The fraction of sp³-hybridized carbons (Fsp3) is 0.467. The number of hydrogen-bond acceptors (Lipinski definition) is 7. The highest BCUT2D eigenvalue weighted by Gasteiger charge is 2.21. The third-order valence-corrected chi connectivity index (χ3v) is 5.29. The molecule has 118 valence electrons. The number of aromatic nitrogens is 2. The summed E-state index contributed by atoms with van der Waals surface area (Å²) in [6.45, 7) is 7.64. The maximum absolute atomic E-state index is 12.0. The van der Waals surface area contributed by atoms with Crippen molar-refractivity contribution in [1.82, 2.24) is 9.97 Å². The van der Waals surface area contributed by atoms with Crippen LogP contribution in [0.3, 0.4) is 0 Å². The molecule has 2 aromatic rings. The first-order chi connectivity index (χ1) is 10.5. The van der Waals surface area contributed by atoms with E-state index in [-0.39, 0.29) is 11.8 Å². The van der Waals surface area contributed by atoms with Crippen molar-refractivity contribution in [2.45, 2.75) is 39.1 Å². The van der Waals surface area contributed by atoms with Crippen molar-refractivity contribution in [2.24, 2.45) is 0 Å². The summed E-state index contributed by atoms with van der Waals surface area (Å²) in [6.07, 6.45) is 0.511. The SMILES string of the molecule is CCOC(=O)c1sc2nc(C)nc(SCC(=O)CC)c2c1C. The van der Waals surface area contributed by atoms with E-state index in [1.165, 1.54) is 23.1 Å². The van der Waals surface area contributed by atoms with E-state index in [0.29, 0.717) is 29.5 Å². The molecule has 0 spiro atoms. The van der Waals surface area contributed by atoms with Gasteiger partial charge in [-0.15, -0.1) is 11.3 Å². The smallest absolute Gasteiger partial charge is 0.348 e. The molecule has 0 fully saturated rings. The van der Waals surface area contributed by atoms with E-state index in [1.54, 1.807) is 6.92 Å². The lowest BCUT2D eigenvalue weighted by molar-refractivity contribution is -0.116. The Labute approximate surface area is 137 Å². The Bertz CT molecular complexity index is 725. The second kappa shape index (κ2) is 7.19. The summed E-state index contributed by atoms with van der Waals surface area (Å²) >= 11 is 2.72. The molecule has 0 aromatic carbocycles. The molecule has 2 rings (SSSR count). The van der Waals surface area contributed by atoms with Crippen LogP contribution in [0.25, 0.3) is 10.2 Å². The number of carbonyl (C=O) groups excluding carboxylic acids is 2. The second-order valence-electron chi connectivity index (χ2n) is 4.71. The number of thioether (sulfide) groups is 1. The van der Waals surface area contributed by atoms with Crippen LogP contribution in [0.2, 0.25) is 0 Å². The van der Waals surface area contributed by atoms with E-state index in [4.69, 9.17) is 4.74 Å². The lowest BCUT2D eigenvalue weighted by Gasteiger charge is -2.04. The van der Waals surface area contributed by atoms with Gasteiger partial charge in [-0.25, -0.2) is 14.8 Å². The molecule has 0 atom stereocenters. The molecule has 0 saturated heterocycles. The Hall–Kier alpha value is -1.47. The molecular formula is C15H18N2O3S2. The van der Waals surface area contributed by atoms with E-state index >= 15 is 0 Å². The summed E-state index contributed by atoms with van der Waals surface area (Å²) in [6, 6.07) is 0. The average Bonchev–Trinajstić information content (AvgIpc) is 2.81. The third kappa shape index (κ3) is 3.47. The Balaban J connectivity index is 2.47. The minimum absolute atomic E-state index is 0.174. The molecule has 7 heteroatoms. The minimum atomic E-state index is -0.332. The zero-order valence-corrected chi connectivity index (χ0v) is 14.7. The molecule has 0 unspecified atom stereocenters. The number of fused-ring (bicyclic) bond motifs is 1. The number of esters is 1. The van der Waals surface area contributed by atoms with Crippen molar-refractivity contribution in [3.63, 3.8) is 0 Å². The summed E-state index contributed by atoms with van der Waals surface area (Å²) in [5.41, 5.74) is 0.824. The lowest BCUT2D eigenvalue weighted by Crippen LogP contribution is -2.03. The monoisotopic (exact) mass is 338 g/mol. The first-order valence-electron chi connectivity index (χ1n) is 7.07. The molecular weight excluding hydrogens is 320 g/mol. The second-order valence-corrected chi connectivity index (χ2v) is 6.68. The van der Waals surface area contributed by atoms with Gasteiger partial charge in [0.05, 0.1) is 12.4 Å². The molecule has 0 bridgehead atoms. The normalized spacial score (nSPS) is 10.9. The number of rotatable bonds is 6. The molecule has 0 amide bonds. The topological polar surface area (TPSA) is 69.2 Å². The van der Waals surface area contributed by atoms with Crippen LogP contribution >= 0.6 is 23.1 Å². The molecule has 0 saturated carbocycles. The number of aryl methyl sites for hydroxylation is 2. The van der Waals surface area contributed by atoms with Crippen LogP contribution in [-0.4, -0.2) is 34.1 Å². The van der Waals surface area contributed by atoms with E-state index in [2.05, 4.69) is 9.97 Å². The van der Waals surface area contributed by atoms with E-state index in [1.807, 2.05) is 20.8 Å². The molecule has 22 heavy (non-hydrogen) atoms. The summed E-state index contributed by atoms with van der Waals surface area (Å²) in [5, 5.41) is 1.61. The Morgan fingerprint density at radius 2 is 1.95 bits per heavy atom. The number of carbonyl (C=O) groups is 2. The summed E-state index contributed by atoms with van der Waals surface area (Å²) < 4.78 is 5.09. The largest absolute Gasteiger partial charge is 0.462 e. The van der Waals surface area contributed by atoms with Crippen molar-refractivity contribution < 1.29 is 14.3 Å². The van der Waals surface area contributed by atoms with Gasteiger partial charge in [0.25, 0.3) is 0 Å². The first kappa shape index (κ1) is 16.9.